The normalized spacial score (nSPS) is 15.1. The molecule has 0 spiro atoms. The lowest BCUT2D eigenvalue weighted by molar-refractivity contribution is -0.130. The number of rotatable bonds is 5. The molecule has 0 aliphatic carbocycles. The second-order valence-electron chi connectivity index (χ2n) is 8.74. The van der Waals surface area contributed by atoms with Crippen LogP contribution in [0.5, 0.6) is 0 Å². The number of pyridine rings is 1. The molecule has 1 saturated heterocycles. The fourth-order valence-corrected chi connectivity index (χ4v) is 5.02. The Morgan fingerprint density at radius 2 is 1.41 bits per heavy atom. The van der Waals surface area contributed by atoms with Crippen LogP contribution in [0, 0.1) is 0 Å². The SMILES string of the molecule is CC(=O)N1CCN(CCCCn2c(=O)c3ccccc3c3ccc4ccccc4c32)CC1. The summed E-state index contributed by atoms with van der Waals surface area (Å²) in [6.07, 6.45) is 1.98. The van der Waals surface area contributed by atoms with E-state index in [4.69, 9.17) is 0 Å². The van der Waals surface area contributed by atoms with Gasteiger partial charge in [-0.05, 0) is 36.2 Å². The lowest BCUT2D eigenvalue weighted by Crippen LogP contribution is -2.48. The van der Waals surface area contributed by atoms with E-state index in [0.29, 0.717) is 6.54 Å². The average molecular weight is 428 g/mol. The monoisotopic (exact) mass is 427 g/mol. The Morgan fingerprint density at radius 3 is 2.16 bits per heavy atom. The van der Waals surface area contributed by atoms with Crippen LogP contribution in [0.2, 0.25) is 0 Å². The van der Waals surface area contributed by atoms with Crippen LogP contribution in [-0.4, -0.2) is 53.0 Å². The Hall–Kier alpha value is -3.18. The number of carbonyl (C=O) groups excluding carboxylic acids is 1. The van der Waals surface area contributed by atoms with Crippen molar-refractivity contribution in [2.24, 2.45) is 0 Å². The zero-order valence-electron chi connectivity index (χ0n) is 18.6. The number of benzene rings is 3. The molecule has 1 aromatic heterocycles. The molecule has 0 bridgehead atoms. The molecule has 5 rings (SSSR count). The summed E-state index contributed by atoms with van der Waals surface area (Å²) in [5, 5.41) is 5.24. The van der Waals surface area contributed by atoms with Crippen LogP contribution >= 0.6 is 0 Å². The molecule has 1 aliphatic heterocycles. The second kappa shape index (κ2) is 8.75. The van der Waals surface area contributed by atoms with Gasteiger partial charge in [0.2, 0.25) is 5.91 Å². The quantitative estimate of drug-likeness (QED) is 0.353. The van der Waals surface area contributed by atoms with Gasteiger partial charge in [0, 0.05) is 55.8 Å². The number of nitrogens with zero attached hydrogens (tertiary/aromatic N) is 3. The van der Waals surface area contributed by atoms with Gasteiger partial charge < -0.3 is 9.47 Å². The molecule has 5 heteroatoms. The van der Waals surface area contributed by atoms with Crippen molar-refractivity contribution in [1.29, 1.82) is 0 Å². The summed E-state index contributed by atoms with van der Waals surface area (Å²) in [5.41, 5.74) is 1.14. The minimum absolute atomic E-state index is 0.0968. The molecule has 3 aromatic carbocycles. The van der Waals surface area contributed by atoms with Crippen LogP contribution in [0.25, 0.3) is 32.4 Å². The van der Waals surface area contributed by atoms with Crippen molar-refractivity contribution >= 4 is 38.4 Å². The highest BCUT2D eigenvalue weighted by molar-refractivity contribution is 6.15. The zero-order valence-corrected chi connectivity index (χ0v) is 18.6. The summed E-state index contributed by atoms with van der Waals surface area (Å²) in [7, 11) is 0. The minimum Gasteiger partial charge on any atom is -0.340 e. The van der Waals surface area contributed by atoms with Crippen molar-refractivity contribution in [1.82, 2.24) is 14.4 Å². The number of fused-ring (bicyclic) bond motifs is 5. The van der Waals surface area contributed by atoms with E-state index in [1.165, 1.54) is 0 Å². The standard InChI is InChI=1S/C27H29N3O2/c1-20(31)29-18-16-28(17-19-29)14-6-7-15-30-26-22-9-3-2-8-21(22)12-13-24(26)23-10-4-5-11-25(23)27(30)32/h2-5,8-13H,6-7,14-19H2,1H3. The molecule has 0 saturated carbocycles. The predicted octanol–water partition coefficient (Wildman–Crippen LogP) is 4.25. The number of carbonyl (C=O) groups is 1. The van der Waals surface area contributed by atoms with Gasteiger partial charge in [0.05, 0.1) is 5.52 Å². The second-order valence-corrected chi connectivity index (χ2v) is 8.74. The largest absolute Gasteiger partial charge is 0.340 e. The number of hydrogen-bond acceptors (Lipinski definition) is 3. The smallest absolute Gasteiger partial charge is 0.258 e. The van der Waals surface area contributed by atoms with Crippen molar-refractivity contribution in [3.63, 3.8) is 0 Å². The molecule has 4 aromatic rings. The third-order valence-electron chi connectivity index (χ3n) is 6.79. The summed E-state index contributed by atoms with van der Waals surface area (Å²) in [4.78, 5) is 29.4. The number of amides is 1. The Labute approximate surface area is 187 Å². The Morgan fingerprint density at radius 1 is 0.750 bits per heavy atom. The number of aryl methyl sites for hydroxylation is 1. The number of aromatic nitrogens is 1. The van der Waals surface area contributed by atoms with Gasteiger partial charge in [-0.3, -0.25) is 14.5 Å². The molecule has 32 heavy (non-hydrogen) atoms. The van der Waals surface area contributed by atoms with Gasteiger partial charge in [-0.25, -0.2) is 0 Å². The average Bonchev–Trinajstić information content (AvgIpc) is 2.83. The molecule has 0 N–H and O–H groups in total. The van der Waals surface area contributed by atoms with Crippen LogP contribution in [0.15, 0.2) is 65.5 Å². The molecule has 0 atom stereocenters. The van der Waals surface area contributed by atoms with Gasteiger partial charge in [-0.2, -0.15) is 0 Å². The topological polar surface area (TPSA) is 45.6 Å². The summed E-state index contributed by atoms with van der Waals surface area (Å²) in [6, 6.07) is 20.6. The first-order valence-electron chi connectivity index (χ1n) is 11.5. The van der Waals surface area contributed by atoms with Crippen molar-refractivity contribution in [2.45, 2.75) is 26.3 Å². The molecule has 164 valence electrons. The van der Waals surface area contributed by atoms with E-state index >= 15 is 0 Å². The van der Waals surface area contributed by atoms with E-state index in [9.17, 15) is 9.59 Å². The highest BCUT2D eigenvalue weighted by Gasteiger charge is 2.18. The maximum atomic E-state index is 13.5. The maximum absolute atomic E-state index is 13.5. The van der Waals surface area contributed by atoms with Gasteiger partial charge >= 0.3 is 0 Å². The zero-order chi connectivity index (χ0) is 22.1. The molecular weight excluding hydrogens is 398 g/mol. The van der Waals surface area contributed by atoms with Gasteiger partial charge in [-0.15, -0.1) is 0 Å². The third kappa shape index (κ3) is 3.78. The number of piperazine rings is 1. The van der Waals surface area contributed by atoms with Gasteiger partial charge in [0.1, 0.15) is 0 Å². The molecule has 0 radical (unpaired) electrons. The van der Waals surface area contributed by atoms with Crippen LogP contribution < -0.4 is 5.56 Å². The molecule has 0 unspecified atom stereocenters. The van der Waals surface area contributed by atoms with E-state index in [1.807, 2.05) is 39.8 Å². The number of unbranched alkanes of at least 4 members (excludes halogenated alkanes) is 1. The molecule has 1 fully saturated rings. The maximum Gasteiger partial charge on any atom is 0.258 e. The third-order valence-corrected chi connectivity index (χ3v) is 6.79. The van der Waals surface area contributed by atoms with E-state index in [2.05, 4.69) is 35.2 Å². The fourth-order valence-electron chi connectivity index (χ4n) is 5.02. The van der Waals surface area contributed by atoms with Crippen LogP contribution in [0.4, 0.5) is 0 Å². The van der Waals surface area contributed by atoms with Gasteiger partial charge in [0.25, 0.3) is 5.56 Å². The first kappa shape index (κ1) is 20.7. The molecule has 2 heterocycles. The summed E-state index contributed by atoms with van der Waals surface area (Å²) in [6.45, 7) is 6.86. The fraction of sp³-hybridized carbons (Fsp3) is 0.333. The van der Waals surface area contributed by atoms with Crippen molar-refractivity contribution in [3.05, 3.63) is 71.0 Å². The van der Waals surface area contributed by atoms with Crippen LogP contribution in [-0.2, 0) is 11.3 Å². The van der Waals surface area contributed by atoms with E-state index < -0.39 is 0 Å². The Kier molecular flexibility index (Phi) is 5.66. The predicted molar refractivity (Wildman–Crippen MR) is 131 cm³/mol. The van der Waals surface area contributed by atoms with Crippen LogP contribution in [0.3, 0.4) is 0 Å². The highest BCUT2D eigenvalue weighted by atomic mass is 16.2. The molecule has 1 amide bonds. The highest BCUT2D eigenvalue weighted by Crippen LogP contribution is 2.29. The number of hydrogen-bond donors (Lipinski definition) is 0. The summed E-state index contributed by atoms with van der Waals surface area (Å²) in [5.74, 6) is 0.166. The molecule has 1 aliphatic rings. The van der Waals surface area contributed by atoms with E-state index in [1.54, 1.807) is 6.92 Å². The first-order valence-corrected chi connectivity index (χ1v) is 11.5. The summed E-state index contributed by atoms with van der Waals surface area (Å²) >= 11 is 0. The van der Waals surface area contributed by atoms with E-state index in [0.717, 1.165) is 78.0 Å². The van der Waals surface area contributed by atoms with Gasteiger partial charge in [-0.1, -0.05) is 54.6 Å². The molecular formula is C27H29N3O2. The summed E-state index contributed by atoms with van der Waals surface area (Å²) < 4.78 is 1.99. The van der Waals surface area contributed by atoms with Gasteiger partial charge in [0.15, 0.2) is 0 Å². The molecule has 5 nitrogen and oxygen atoms in total. The van der Waals surface area contributed by atoms with Crippen LogP contribution in [0.1, 0.15) is 19.8 Å². The van der Waals surface area contributed by atoms with Crippen molar-refractivity contribution in [2.75, 3.05) is 32.7 Å². The lowest BCUT2D eigenvalue weighted by atomic mass is 10.0. The Balaban J connectivity index is 1.42. The van der Waals surface area contributed by atoms with Crippen molar-refractivity contribution in [3.8, 4) is 0 Å². The lowest BCUT2D eigenvalue weighted by Gasteiger charge is -2.34. The first-order chi connectivity index (χ1) is 15.6. The Bertz CT molecular complexity index is 1350. The minimum atomic E-state index is 0.0968. The van der Waals surface area contributed by atoms with Crippen molar-refractivity contribution < 1.29 is 4.79 Å². The van der Waals surface area contributed by atoms with E-state index in [-0.39, 0.29) is 11.5 Å².